The minimum atomic E-state index is -4.89. The normalized spacial score (nSPS) is 15.3. The van der Waals surface area contributed by atoms with E-state index in [-0.39, 0.29) is 22.7 Å². The van der Waals surface area contributed by atoms with E-state index in [2.05, 4.69) is 9.98 Å². The topological polar surface area (TPSA) is 169 Å². The highest BCUT2D eigenvalue weighted by atomic mass is 35.5. The first kappa shape index (κ1) is 31.8. The average Bonchev–Trinajstić information content (AvgIpc) is 2.75. The van der Waals surface area contributed by atoms with E-state index in [1.165, 1.54) is 13.0 Å². The summed E-state index contributed by atoms with van der Waals surface area (Å²) in [4.78, 5) is 9.66. The highest BCUT2D eigenvalue weighted by Gasteiger charge is 2.33. The molecule has 1 heterocycles. The number of benzene rings is 2. The maximum absolute atomic E-state index is 13.6. The van der Waals surface area contributed by atoms with Gasteiger partial charge in [0.15, 0.2) is 0 Å². The Kier molecular flexibility index (Phi) is 10.5. The molecule has 0 aromatic heterocycles. The van der Waals surface area contributed by atoms with E-state index >= 15 is 0 Å². The van der Waals surface area contributed by atoms with Crippen molar-refractivity contribution in [2.75, 3.05) is 10.7 Å². The third kappa shape index (κ3) is 8.80. The average molecular weight is 611 g/mol. The molecule has 0 saturated heterocycles. The van der Waals surface area contributed by atoms with Gasteiger partial charge in [0.25, 0.3) is 10.1 Å². The number of anilines is 1. The molecule has 10 nitrogen and oxygen atoms in total. The molecule has 0 saturated carbocycles. The molecule has 0 fully saturated rings. The molecule has 2 aromatic rings. The Morgan fingerprint density at radius 2 is 1.58 bits per heavy atom. The maximum atomic E-state index is 13.6. The van der Waals surface area contributed by atoms with Crippen molar-refractivity contribution in [1.82, 2.24) is 0 Å². The summed E-state index contributed by atoms with van der Waals surface area (Å²) in [6.45, 7) is 5.10. The Balaban J connectivity index is 0.000000757. The van der Waals surface area contributed by atoms with Crippen molar-refractivity contribution in [3.05, 3.63) is 57.6 Å². The molecular formula is C23H30Cl2FN5O5S2. The van der Waals surface area contributed by atoms with Crippen LogP contribution in [0, 0.1) is 0 Å². The highest BCUT2D eigenvalue weighted by Crippen LogP contribution is 2.32. The number of aliphatic imine (C=N–C) groups is 2. The van der Waals surface area contributed by atoms with Crippen LogP contribution in [0.1, 0.15) is 44.7 Å². The smallest absolute Gasteiger partial charge is 0.333 e. The number of halogens is 3. The molecule has 38 heavy (non-hydrogen) atoms. The number of nitrogens with two attached hydrogens (primary N) is 2. The van der Waals surface area contributed by atoms with Crippen molar-refractivity contribution in [3.63, 3.8) is 0 Å². The molecule has 0 amide bonds. The van der Waals surface area contributed by atoms with Crippen molar-refractivity contribution in [2.24, 2.45) is 21.5 Å². The van der Waals surface area contributed by atoms with Crippen LogP contribution < -0.4 is 16.4 Å². The van der Waals surface area contributed by atoms with Crippen LogP contribution in [0.15, 0.2) is 51.3 Å². The summed E-state index contributed by atoms with van der Waals surface area (Å²) in [6, 6.07) is 10.1. The summed E-state index contributed by atoms with van der Waals surface area (Å²) in [5.41, 5.74) is 13.1. The van der Waals surface area contributed by atoms with Crippen LogP contribution in [0.5, 0.6) is 0 Å². The number of guanidine groups is 2. The van der Waals surface area contributed by atoms with Gasteiger partial charge in [-0.2, -0.15) is 21.8 Å². The van der Waals surface area contributed by atoms with Gasteiger partial charge in [0, 0.05) is 10.7 Å². The van der Waals surface area contributed by atoms with E-state index in [1.54, 1.807) is 23.1 Å². The van der Waals surface area contributed by atoms with Crippen LogP contribution in [-0.2, 0) is 33.2 Å². The van der Waals surface area contributed by atoms with E-state index < -0.39 is 30.9 Å². The summed E-state index contributed by atoms with van der Waals surface area (Å²) < 4.78 is 63.3. The lowest BCUT2D eigenvalue weighted by atomic mass is 10.0. The van der Waals surface area contributed by atoms with E-state index in [9.17, 15) is 20.7 Å². The minimum Gasteiger partial charge on any atom is -0.369 e. The monoisotopic (exact) mass is 609 g/mol. The molecule has 0 atom stereocenters. The first-order valence-corrected chi connectivity index (χ1v) is 15.2. The van der Waals surface area contributed by atoms with Gasteiger partial charge in [-0.3, -0.25) is 9.45 Å². The molecule has 0 unspecified atom stereocenters. The molecule has 0 spiro atoms. The predicted molar refractivity (Wildman–Crippen MR) is 150 cm³/mol. The van der Waals surface area contributed by atoms with Gasteiger partial charge >= 0.3 is 10.2 Å². The number of hydrogen-bond donors (Lipinski definition) is 3. The van der Waals surface area contributed by atoms with Gasteiger partial charge in [0.2, 0.25) is 11.9 Å². The molecule has 0 radical (unpaired) electrons. The van der Waals surface area contributed by atoms with Crippen LogP contribution in [-0.4, -0.2) is 44.7 Å². The molecule has 1 aliphatic rings. The summed E-state index contributed by atoms with van der Waals surface area (Å²) in [5, 5.41) is 0.446. The van der Waals surface area contributed by atoms with Crippen LogP contribution in [0.25, 0.3) is 0 Å². The fraction of sp³-hybridized carbons (Fsp3) is 0.391. The van der Waals surface area contributed by atoms with E-state index in [1.807, 2.05) is 26.0 Å². The van der Waals surface area contributed by atoms with E-state index in [4.69, 9.17) is 39.2 Å². The number of nitrogens with zero attached hydrogens (tertiary/aromatic N) is 3. The summed E-state index contributed by atoms with van der Waals surface area (Å²) >= 11 is 12.4. The molecule has 3 rings (SSSR count). The van der Waals surface area contributed by atoms with Gasteiger partial charge in [-0.1, -0.05) is 41.4 Å². The van der Waals surface area contributed by atoms with Crippen LogP contribution in [0.4, 0.5) is 9.57 Å². The van der Waals surface area contributed by atoms with Gasteiger partial charge in [0.05, 0.1) is 10.8 Å². The van der Waals surface area contributed by atoms with Gasteiger partial charge < -0.3 is 11.5 Å². The highest BCUT2D eigenvalue weighted by molar-refractivity contribution is 7.86. The van der Waals surface area contributed by atoms with Gasteiger partial charge in [-0.15, -0.1) is 3.89 Å². The molecule has 1 aliphatic heterocycles. The molecular weight excluding hydrogens is 580 g/mol. The predicted octanol–water partition coefficient (Wildman–Crippen LogP) is 4.30. The van der Waals surface area contributed by atoms with E-state index in [0.29, 0.717) is 29.8 Å². The zero-order chi connectivity index (χ0) is 28.9. The number of hydrogen-bond acceptors (Lipinski definition) is 9. The number of aryl methyl sites for hydroxylation is 2. The second-order valence-electron chi connectivity index (χ2n) is 8.79. The second-order valence-corrected chi connectivity index (χ2v) is 12.6. The fourth-order valence-corrected chi connectivity index (χ4v) is 5.31. The first-order valence-electron chi connectivity index (χ1n) is 11.4. The minimum absolute atomic E-state index is 0.113. The number of unbranched alkanes of at least 4 members (excludes halogenated alkanes) is 1. The Labute approximate surface area is 232 Å². The lowest BCUT2D eigenvalue weighted by Crippen LogP contribution is -2.54. The third-order valence-electron chi connectivity index (χ3n) is 5.49. The fourth-order valence-electron chi connectivity index (χ4n) is 3.78. The van der Waals surface area contributed by atoms with Gasteiger partial charge in [0.1, 0.15) is 10.6 Å². The Bertz CT molecular complexity index is 1450. The van der Waals surface area contributed by atoms with Crippen LogP contribution in [0.2, 0.25) is 10.0 Å². The largest absolute Gasteiger partial charge is 0.369 e. The summed E-state index contributed by atoms with van der Waals surface area (Å²) in [6.07, 6.45) is 2.39. The second kappa shape index (κ2) is 12.6. The van der Waals surface area contributed by atoms with Crippen LogP contribution in [0.3, 0.4) is 0 Å². The van der Waals surface area contributed by atoms with Gasteiger partial charge in [-0.25, -0.2) is 4.99 Å². The lowest BCUT2D eigenvalue weighted by Gasteiger charge is -2.38. The molecule has 2 aromatic carbocycles. The van der Waals surface area contributed by atoms with Crippen molar-refractivity contribution in [2.45, 2.75) is 57.0 Å². The molecule has 5 N–H and O–H groups in total. The SMILES string of the molecule is CC1(C)N=C(N)N=C(N)N1c1ccc(CCCCc2cccc(Cl)c2S(=O)(=O)F)c(Cl)c1.CCS(=O)(=O)O. The number of rotatable bonds is 8. The van der Waals surface area contributed by atoms with Crippen molar-refractivity contribution < 1.29 is 25.3 Å². The zero-order valence-corrected chi connectivity index (χ0v) is 24.2. The van der Waals surface area contributed by atoms with E-state index in [0.717, 1.165) is 17.7 Å². The summed E-state index contributed by atoms with van der Waals surface area (Å²) in [5.74, 6) is 0.147. The van der Waals surface area contributed by atoms with Crippen molar-refractivity contribution in [3.8, 4) is 0 Å². The zero-order valence-electron chi connectivity index (χ0n) is 21.0. The van der Waals surface area contributed by atoms with Gasteiger partial charge in [-0.05, 0) is 75.8 Å². The van der Waals surface area contributed by atoms with Crippen LogP contribution >= 0.6 is 23.2 Å². The lowest BCUT2D eigenvalue weighted by molar-refractivity contribution is 0.484. The maximum Gasteiger partial charge on any atom is 0.333 e. The molecule has 0 aliphatic carbocycles. The Morgan fingerprint density at radius 3 is 2.08 bits per heavy atom. The Hall–Kier alpha value is -2.45. The molecule has 0 bridgehead atoms. The quantitative estimate of drug-likeness (QED) is 0.226. The van der Waals surface area contributed by atoms with Crippen molar-refractivity contribution >= 4 is 61.1 Å². The molecule has 15 heteroatoms. The Morgan fingerprint density at radius 1 is 1.00 bits per heavy atom. The summed E-state index contributed by atoms with van der Waals surface area (Å²) in [7, 11) is -8.55. The third-order valence-corrected chi connectivity index (χ3v) is 7.97. The standard InChI is InChI=1S/C21H24Cl2FN5O2S.C2H6O3S/c1-21(2)28-19(25)27-20(26)29(21)15-11-10-13(17(23)12-15)6-3-4-7-14-8-5-9-16(22)18(14)32(24,30)31;1-2-6(3,4)5/h5,8-12H,3-4,6-7H2,1-2H3,(H4,25,26,27,28);2H2,1H3,(H,3,4,5). The molecule has 210 valence electrons. The van der Waals surface area contributed by atoms with Crippen molar-refractivity contribution in [1.29, 1.82) is 0 Å². The first-order chi connectivity index (χ1) is 17.5.